The van der Waals surface area contributed by atoms with Gasteiger partial charge in [0.2, 0.25) is 0 Å². The number of halogens is 4. The second-order valence-electron chi connectivity index (χ2n) is 10.4. The van der Waals surface area contributed by atoms with Crippen LogP contribution in [0.2, 0.25) is 0 Å². The first-order valence-electron chi connectivity index (χ1n) is 12.9. The summed E-state index contributed by atoms with van der Waals surface area (Å²) in [5.74, 6) is -0.0454. The third-order valence-corrected chi connectivity index (χ3v) is 8.80. The van der Waals surface area contributed by atoms with Crippen LogP contribution in [0.25, 0.3) is 0 Å². The molecule has 1 aliphatic rings. The number of rotatable bonds is 11. The van der Waals surface area contributed by atoms with Crippen LogP contribution in [0, 0.1) is 5.92 Å². The molecular weight excluding hydrogens is 778 g/mol. The molecule has 1 fully saturated rings. The maximum atomic E-state index is 13.1. The lowest BCUT2D eigenvalue weighted by atomic mass is 9.73. The number of esters is 3. The van der Waals surface area contributed by atoms with E-state index in [9.17, 15) is 14.4 Å². The molecular formula is C29H33Br4NO6. The monoisotopic (exact) mass is 807 g/mol. The maximum absolute atomic E-state index is 13.1. The molecule has 0 bridgehead atoms. The second-order valence-corrected chi connectivity index (χ2v) is 16.5. The topological polar surface area (TPSA) is 90.9 Å². The number of hydrogen-bond donors (Lipinski definition) is 1. The van der Waals surface area contributed by atoms with Crippen LogP contribution in [0.4, 0.5) is 0 Å². The Bertz CT molecular complexity index is 1100. The summed E-state index contributed by atoms with van der Waals surface area (Å²) in [7, 11) is 0. The summed E-state index contributed by atoms with van der Waals surface area (Å²) in [6.07, 6.45) is 2.63. The zero-order valence-electron chi connectivity index (χ0n) is 22.6. The minimum Gasteiger partial charge on any atom is -0.459 e. The van der Waals surface area contributed by atoms with E-state index in [0.29, 0.717) is 23.8 Å². The first kappa shape index (κ1) is 33.2. The van der Waals surface area contributed by atoms with E-state index in [0.717, 1.165) is 37.1 Å². The molecule has 0 radical (unpaired) electrons. The molecule has 0 spiro atoms. The molecule has 1 aliphatic heterocycles. The van der Waals surface area contributed by atoms with E-state index in [1.165, 1.54) is 0 Å². The molecule has 2 aromatic rings. The number of piperidine rings is 1. The highest BCUT2D eigenvalue weighted by atomic mass is 79.9. The van der Waals surface area contributed by atoms with E-state index in [4.69, 9.17) is 14.2 Å². The van der Waals surface area contributed by atoms with Gasteiger partial charge in [-0.05, 0) is 81.6 Å². The molecule has 0 aromatic heterocycles. The lowest BCUT2D eigenvalue weighted by Gasteiger charge is -2.37. The van der Waals surface area contributed by atoms with Gasteiger partial charge < -0.3 is 19.5 Å². The van der Waals surface area contributed by atoms with Gasteiger partial charge in [0.15, 0.2) is 7.47 Å². The van der Waals surface area contributed by atoms with E-state index >= 15 is 0 Å². The molecule has 1 N–H and O–H groups in total. The Labute approximate surface area is 269 Å². The number of benzene rings is 2. The van der Waals surface area contributed by atoms with Crippen molar-refractivity contribution in [1.29, 1.82) is 0 Å². The Kier molecular flexibility index (Phi) is 12.3. The lowest BCUT2D eigenvalue weighted by Crippen LogP contribution is -2.43. The lowest BCUT2D eigenvalue weighted by molar-refractivity contribution is -0.163. The molecule has 0 amide bonds. The van der Waals surface area contributed by atoms with Gasteiger partial charge in [0.25, 0.3) is 0 Å². The fourth-order valence-electron chi connectivity index (χ4n) is 4.86. The largest absolute Gasteiger partial charge is 0.459 e. The summed E-state index contributed by atoms with van der Waals surface area (Å²) in [5, 5.41) is 3.36. The molecule has 0 aliphatic carbocycles. The number of nitrogens with one attached hydrogen (secondary N) is 1. The van der Waals surface area contributed by atoms with Gasteiger partial charge in [-0.3, -0.25) is 4.79 Å². The number of carbonyl (C=O) groups is 3. The number of hydrogen-bond acceptors (Lipinski definition) is 7. The quantitative estimate of drug-likeness (QED) is 0.147. The van der Waals surface area contributed by atoms with Crippen LogP contribution in [-0.4, -0.2) is 44.1 Å². The smallest absolute Gasteiger partial charge is 0.336 e. The first-order chi connectivity index (χ1) is 18.8. The van der Waals surface area contributed by atoms with E-state index in [1.54, 1.807) is 24.3 Å². The van der Waals surface area contributed by atoms with Gasteiger partial charge >= 0.3 is 17.9 Å². The summed E-state index contributed by atoms with van der Waals surface area (Å²) >= 11 is 12.6. The maximum Gasteiger partial charge on any atom is 0.336 e. The van der Waals surface area contributed by atoms with Crippen molar-refractivity contribution in [1.82, 2.24) is 5.32 Å². The zero-order valence-corrected chi connectivity index (χ0v) is 28.9. The van der Waals surface area contributed by atoms with Gasteiger partial charge in [0, 0.05) is 17.8 Å². The van der Waals surface area contributed by atoms with Crippen molar-refractivity contribution >= 4 is 81.6 Å². The van der Waals surface area contributed by atoms with Crippen LogP contribution in [0.15, 0.2) is 48.5 Å². The highest BCUT2D eigenvalue weighted by Crippen LogP contribution is 2.39. The molecule has 2 aromatic carbocycles. The van der Waals surface area contributed by atoms with Crippen molar-refractivity contribution in [2.45, 2.75) is 64.9 Å². The van der Waals surface area contributed by atoms with Crippen LogP contribution < -0.4 is 14.8 Å². The van der Waals surface area contributed by atoms with Gasteiger partial charge in [0.1, 0.15) is 17.1 Å². The normalized spacial score (nSPS) is 14.7. The van der Waals surface area contributed by atoms with Gasteiger partial charge in [-0.2, -0.15) is 0 Å². The Hall–Kier alpha value is -1.27. The minimum absolute atomic E-state index is 0.210. The molecule has 11 heteroatoms. The van der Waals surface area contributed by atoms with E-state index < -0.39 is 30.4 Å². The average molecular weight is 811 g/mol. The fraction of sp³-hybridized carbons (Fsp3) is 0.483. The Morgan fingerprint density at radius 3 is 1.62 bits per heavy atom. The van der Waals surface area contributed by atoms with E-state index in [1.807, 2.05) is 38.1 Å². The Morgan fingerprint density at radius 2 is 1.23 bits per heavy atom. The van der Waals surface area contributed by atoms with Crippen LogP contribution in [-0.2, 0) is 24.5 Å². The van der Waals surface area contributed by atoms with E-state index in [-0.39, 0.29) is 12.4 Å². The van der Waals surface area contributed by atoms with Gasteiger partial charge in [-0.1, -0.05) is 94.9 Å². The summed E-state index contributed by atoms with van der Waals surface area (Å²) < 4.78 is 15.5. The molecule has 0 unspecified atom stereocenters. The number of alkyl halides is 4. The van der Waals surface area contributed by atoms with Gasteiger partial charge in [0.05, 0.1) is 0 Å². The standard InChI is InChI=1S/C29H33Br4NO6/c1-28(2,18-13-16-34-17-14-18)40-23(35)12-15-29(3,19-4-8-21(9-5-19)38-26(36)24(30)31)20-6-10-22(11-7-20)39-27(37)25(32)33/h4-11,18,24-25,34H,12-17H2,1-3H3. The molecule has 1 heterocycles. The summed E-state index contributed by atoms with van der Waals surface area (Å²) in [6, 6.07) is 14.5. The Balaban J connectivity index is 1.82. The molecule has 40 heavy (non-hydrogen) atoms. The SMILES string of the molecule is CC(CCC(=O)OC(C)(C)C1CCNCC1)(c1ccc(OC(=O)C(Br)Br)cc1)c1ccc(OC(=O)C(Br)Br)cc1. The summed E-state index contributed by atoms with van der Waals surface area (Å²) in [5.41, 5.74) is 0.720. The molecule has 0 saturated carbocycles. The molecule has 7 nitrogen and oxygen atoms in total. The van der Waals surface area contributed by atoms with Crippen molar-refractivity contribution in [2.75, 3.05) is 13.1 Å². The predicted molar refractivity (Wildman–Crippen MR) is 169 cm³/mol. The summed E-state index contributed by atoms with van der Waals surface area (Å²) in [4.78, 5) is 37.0. The minimum atomic E-state index is -0.609. The van der Waals surface area contributed by atoms with E-state index in [2.05, 4.69) is 76.0 Å². The van der Waals surface area contributed by atoms with Gasteiger partial charge in [-0.25, -0.2) is 9.59 Å². The van der Waals surface area contributed by atoms with Crippen molar-refractivity contribution in [3.63, 3.8) is 0 Å². The second kappa shape index (κ2) is 14.8. The molecule has 218 valence electrons. The molecule has 3 rings (SSSR count). The molecule has 1 saturated heterocycles. The third-order valence-electron chi connectivity index (χ3n) is 7.30. The highest BCUT2D eigenvalue weighted by molar-refractivity contribution is 9.25. The van der Waals surface area contributed by atoms with Crippen molar-refractivity contribution in [3.8, 4) is 11.5 Å². The van der Waals surface area contributed by atoms with Crippen molar-refractivity contribution < 1.29 is 28.6 Å². The van der Waals surface area contributed by atoms with Crippen LogP contribution >= 0.6 is 63.7 Å². The van der Waals surface area contributed by atoms with Crippen LogP contribution in [0.3, 0.4) is 0 Å². The highest BCUT2D eigenvalue weighted by Gasteiger charge is 2.36. The summed E-state index contributed by atoms with van der Waals surface area (Å²) in [6.45, 7) is 7.90. The van der Waals surface area contributed by atoms with Crippen LogP contribution in [0.5, 0.6) is 11.5 Å². The van der Waals surface area contributed by atoms with Crippen molar-refractivity contribution in [2.24, 2.45) is 5.92 Å². The number of carbonyl (C=O) groups excluding carboxylic acids is 3. The fourth-order valence-corrected chi connectivity index (χ4v) is 5.23. The van der Waals surface area contributed by atoms with Crippen molar-refractivity contribution in [3.05, 3.63) is 59.7 Å². The number of ether oxygens (including phenoxy) is 3. The Morgan fingerprint density at radius 1 is 0.800 bits per heavy atom. The third kappa shape index (κ3) is 9.11. The van der Waals surface area contributed by atoms with Crippen LogP contribution in [0.1, 0.15) is 57.6 Å². The van der Waals surface area contributed by atoms with Gasteiger partial charge in [-0.15, -0.1) is 0 Å². The average Bonchev–Trinajstić information content (AvgIpc) is 2.92. The first-order valence-corrected chi connectivity index (χ1v) is 16.6. The zero-order chi connectivity index (χ0) is 29.5. The predicted octanol–water partition coefficient (Wildman–Crippen LogP) is 7.14. The molecule has 0 atom stereocenters.